The molecule has 3 fully saturated rings. The molecule has 0 aromatic carbocycles. The van der Waals surface area contributed by atoms with Crippen LogP contribution in [0.2, 0.25) is 0 Å². The standard InChI is InChI=1S/C19H28O3/c1-17-8-6-13(20)11-12(17)5-10-19(22)14-3-4-16(21)18(14,2)9-7-15(17)19/h11,14-16,21-22H,3-10H2,1-2H3/t14-,15-,16+,17+,18+,19-/m1/s1. The normalized spacial score (nSPS) is 54.3. The Kier molecular flexibility index (Phi) is 3.01. The minimum atomic E-state index is -0.656. The Bertz CT molecular complexity index is 553. The molecule has 4 aliphatic carbocycles. The van der Waals surface area contributed by atoms with Crippen molar-refractivity contribution in [3.8, 4) is 0 Å². The van der Waals surface area contributed by atoms with Gasteiger partial charge in [-0.3, -0.25) is 4.79 Å². The van der Waals surface area contributed by atoms with E-state index in [1.54, 1.807) is 0 Å². The minimum absolute atomic E-state index is 0.0181. The van der Waals surface area contributed by atoms with E-state index in [1.165, 1.54) is 5.57 Å². The zero-order valence-corrected chi connectivity index (χ0v) is 13.8. The maximum absolute atomic E-state index is 11.8. The van der Waals surface area contributed by atoms with Gasteiger partial charge in [-0.1, -0.05) is 19.4 Å². The van der Waals surface area contributed by atoms with Crippen molar-refractivity contribution < 1.29 is 15.0 Å². The summed E-state index contributed by atoms with van der Waals surface area (Å²) in [6.07, 6.45) is 8.48. The van der Waals surface area contributed by atoms with Crippen LogP contribution in [0.15, 0.2) is 11.6 Å². The van der Waals surface area contributed by atoms with E-state index in [0.717, 1.165) is 44.9 Å². The summed E-state index contributed by atoms with van der Waals surface area (Å²) in [5.41, 5.74) is 0.487. The fraction of sp³-hybridized carbons (Fsp3) is 0.842. The van der Waals surface area contributed by atoms with Crippen LogP contribution in [0.25, 0.3) is 0 Å². The SMILES string of the molecule is C[C@]12CC[C@H]3[C@@](O)(CCC4=CC(=O)CC[C@@]43C)[C@@H]1CC[C@@H]2O. The molecule has 3 saturated carbocycles. The van der Waals surface area contributed by atoms with Gasteiger partial charge in [0.15, 0.2) is 5.78 Å². The molecule has 0 radical (unpaired) electrons. The van der Waals surface area contributed by atoms with E-state index in [-0.39, 0.29) is 34.6 Å². The average Bonchev–Trinajstić information content (AvgIpc) is 2.77. The van der Waals surface area contributed by atoms with Gasteiger partial charge in [0.05, 0.1) is 11.7 Å². The van der Waals surface area contributed by atoms with Gasteiger partial charge >= 0.3 is 0 Å². The Balaban J connectivity index is 1.76. The molecule has 0 spiro atoms. The molecule has 2 N–H and O–H groups in total. The first-order valence-corrected chi connectivity index (χ1v) is 8.95. The second-order valence-electron chi connectivity index (χ2n) is 8.79. The lowest BCUT2D eigenvalue weighted by atomic mass is 9.45. The van der Waals surface area contributed by atoms with Crippen molar-refractivity contribution in [3.63, 3.8) is 0 Å². The molecule has 0 heterocycles. The van der Waals surface area contributed by atoms with E-state index in [4.69, 9.17) is 0 Å². The fourth-order valence-corrected chi connectivity index (χ4v) is 6.61. The van der Waals surface area contributed by atoms with E-state index < -0.39 is 5.60 Å². The van der Waals surface area contributed by atoms with Gasteiger partial charge in [-0.05, 0) is 73.7 Å². The molecule has 4 rings (SSSR count). The van der Waals surface area contributed by atoms with Crippen molar-refractivity contribution >= 4 is 5.78 Å². The van der Waals surface area contributed by atoms with Gasteiger partial charge in [0.1, 0.15) is 0 Å². The quantitative estimate of drug-likeness (QED) is 0.723. The first kappa shape index (κ1) is 14.9. The van der Waals surface area contributed by atoms with Crippen LogP contribution < -0.4 is 0 Å². The number of aliphatic hydroxyl groups is 2. The van der Waals surface area contributed by atoms with Crippen LogP contribution in [0.4, 0.5) is 0 Å². The molecule has 3 heteroatoms. The van der Waals surface area contributed by atoms with Gasteiger partial charge in [0.2, 0.25) is 0 Å². The highest BCUT2D eigenvalue weighted by molar-refractivity contribution is 5.91. The second-order valence-corrected chi connectivity index (χ2v) is 8.79. The molecule has 0 saturated heterocycles. The Morgan fingerprint density at radius 3 is 2.59 bits per heavy atom. The number of allylic oxidation sites excluding steroid dienone is 1. The lowest BCUT2D eigenvalue weighted by Gasteiger charge is -2.62. The topological polar surface area (TPSA) is 57.5 Å². The van der Waals surface area contributed by atoms with Crippen LogP contribution in [0.5, 0.6) is 0 Å². The first-order chi connectivity index (χ1) is 10.3. The number of aliphatic hydroxyl groups excluding tert-OH is 1. The Morgan fingerprint density at radius 1 is 1.05 bits per heavy atom. The summed E-state index contributed by atoms with van der Waals surface area (Å²) in [5, 5.41) is 22.1. The number of ketones is 1. The summed E-state index contributed by atoms with van der Waals surface area (Å²) >= 11 is 0. The van der Waals surface area contributed by atoms with Gasteiger partial charge in [0, 0.05) is 6.42 Å². The number of carbonyl (C=O) groups is 1. The summed E-state index contributed by atoms with van der Waals surface area (Å²) in [7, 11) is 0. The molecule has 0 bridgehead atoms. The number of hydrogen-bond donors (Lipinski definition) is 2. The maximum atomic E-state index is 11.8. The number of fused-ring (bicyclic) bond motifs is 5. The van der Waals surface area contributed by atoms with Gasteiger partial charge in [-0.15, -0.1) is 0 Å². The van der Waals surface area contributed by atoms with Crippen molar-refractivity contribution in [3.05, 3.63) is 11.6 Å². The summed E-state index contributed by atoms with van der Waals surface area (Å²) in [6, 6.07) is 0. The van der Waals surface area contributed by atoms with Crippen molar-refractivity contribution in [2.24, 2.45) is 22.7 Å². The first-order valence-electron chi connectivity index (χ1n) is 8.95. The lowest BCUT2D eigenvalue weighted by molar-refractivity contribution is -0.193. The molecular formula is C19H28O3. The summed E-state index contributed by atoms with van der Waals surface area (Å²) in [5.74, 6) is 0.719. The highest BCUT2D eigenvalue weighted by Crippen LogP contribution is 2.66. The van der Waals surface area contributed by atoms with Crippen LogP contribution in [0.3, 0.4) is 0 Å². The van der Waals surface area contributed by atoms with Crippen LogP contribution >= 0.6 is 0 Å². The predicted octanol–water partition coefficient (Wildman–Crippen LogP) is 2.99. The zero-order chi connectivity index (χ0) is 15.8. The molecule has 0 aliphatic heterocycles. The summed E-state index contributed by atoms with van der Waals surface area (Å²) in [4.78, 5) is 11.8. The Labute approximate surface area is 132 Å². The van der Waals surface area contributed by atoms with Gasteiger partial charge < -0.3 is 10.2 Å². The third-order valence-corrected chi connectivity index (χ3v) is 7.99. The van der Waals surface area contributed by atoms with Gasteiger partial charge in [0.25, 0.3) is 0 Å². The number of hydrogen-bond acceptors (Lipinski definition) is 3. The molecule has 22 heavy (non-hydrogen) atoms. The lowest BCUT2D eigenvalue weighted by Crippen LogP contribution is -2.62. The average molecular weight is 304 g/mol. The highest BCUT2D eigenvalue weighted by atomic mass is 16.3. The molecule has 6 atom stereocenters. The third kappa shape index (κ3) is 1.67. The zero-order valence-electron chi connectivity index (χ0n) is 13.8. The minimum Gasteiger partial charge on any atom is -0.393 e. The molecule has 3 nitrogen and oxygen atoms in total. The maximum Gasteiger partial charge on any atom is 0.155 e. The number of rotatable bonds is 0. The van der Waals surface area contributed by atoms with E-state index in [9.17, 15) is 15.0 Å². The van der Waals surface area contributed by atoms with E-state index in [1.807, 2.05) is 6.08 Å². The highest BCUT2D eigenvalue weighted by Gasteiger charge is 2.65. The third-order valence-electron chi connectivity index (χ3n) is 7.99. The van der Waals surface area contributed by atoms with Crippen LogP contribution in [-0.4, -0.2) is 27.7 Å². The predicted molar refractivity (Wildman–Crippen MR) is 84.2 cm³/mol. The summed E-state index contributed by atoms with van der Waals surface area (Å²) in [6.45, 7) is 4.45. The molecule has 0 unspecified atom stereocenters. The molecule has 4 aliphatic rings. The second kappa shape index (κ2) is 4.45. The molecular weight excluding hydrogens is 276 g/mol. The number of carbonyl (C=O) groups excluding carboxylic acids is 1. The van der Waals surface area contributed by atoms with Gasteiger partial charge in [-0.25, -0.2) is 0 Å². The van der Waals surface area contributed by atoms with E-state index in [0.29, 0.717) is 6.42 Å². The van der Waals surface area contributed by atoms with Crippen molar-refractivity contribution in [1.82, 2.24) is 0 Å². The molecule has 0 aromatic heterocycles. The van der Waals surface area contributed by atoms with E-state index >= 15 is 0 Å². The van der Waals surface area contributed by atoms with Crippen LogP contribution in [0.1, 0.15) is 65.2 Å². The molecule has 122 valence electrons. The van der Waals surface area contributed by atoms with Crippen LogP contribution in [-0.2, 0) is 4.79 Å². The van der Waals surface area contributed by atoms with E-state index in [2.05, 4.69) is 13.8 Å². The largest absolute Gasteiger partial charge is 0.393 e. The monoisotopic (exact) mass is 304 g/mol. The van der Waals surface area contributed by atoms with Crippen LogP contribution in [0, 0.1) is 22.7 Å². The Morgan fingerprint density at radius 2 is 1.82 bits per heavy atom. The Hall–Kier alpha value is -0.670. The molecule has 0 amide bonds. The van der Waals surface area contributed by atoms with Crippen molar-refractivity contribution in [1.29, 1.82) is 0 Å². The summed E-state index contributed by atoms with van der Waals surface area (Å²) < 4.78 is 0. The van der Waals surface area contributed by atoms with Gasteiger partial charge in [-0.2, -0.15) is 0 Å². The van der Waals surface area contributed by atoms with Crippen molar-refractivity contribution in [2.45, 2.75) is 76.9 Å². The van der Waals surface area contributed by atoms with Crippen molar-refractivity contribution in [2.75, 3.05) is 0 Å². The smallest absolute Gasteiger partial charge is 0.155 e. The molecule has 0 aromatic rings. The fourth-order valence-electron chi connectivity index (χ4n) is 6.61.